The van der Waals surface area contributed by atoms with Crippen molar-refractivity contribution in [2.75, 3.05) is 33.3 Å². The van der Waals surface area contributed by atoms with E-state index in [0.29, 0.717) is 0 Å². The number of fused-ring (bicyclic) bond motifs is 1. The fourth-order valence-electron chi connectivity index (χ4n) is 3.65. The highest BCUT2D eigenvalue weighted by molar-refractivity contribution is 5.82. The number of benzene rings is 2. The van der Waals surface area contributed by atoms with Crippen LogP contribution in [0.15, 0.2) is 42.5 Å². The Morgan fingerprint density at radius 3 is 2.46 bits per heavy atom. The number of aromatic nitrogens is 2. The molecule has 0 amide bonds. The Morgan fingerprint density at radius 1 is 1.00 bits per heavy atom. The lowest BCUT2D eigenvalue weighted by Crippen LogP contribution is -2.45. The monoisotopic (exact) mass is 350 g/mol. The van der Waals surface area contributed by atoms with Crippen LogP contribution in [0.3, 0.4) is 0 Å². The third-order valence-corrected chi connectivity index (χ3v) is 5.34. The molecule has 0 bridgehead atoms. The maximum atomic E-state index is 5.35. The quantitative estimate of drug-likeness (QED) is 0.767. The second kappa shape index (κ2) is 7.48. The van der Waals surface area contributed by atoms with Crippen LogP contribution in [-0.4, -0.2) is 53.3 Å². The molecule has 0 unspecified atom stereocenters. The molecule has 0 atom stereocenters. The zero-order valence-corrected chi connectivity index (χ0v) is 15.5. The first kappa shape index (κ1) is 17.1. The lowest BCUT2D eigenvalue weighted by atomic mass is 10.1. The van der Waals surface area contributed by atoms with E-state index in [-0.39, 0.29) is 0 Å². The van der Waals surface area contributed by atoms with Crippen LogP contribution in [0.5, 0.6) is 5.75 Å². The zero-order chi connectivity index (χ0) is 17.9. The van der Waals surface area contributed by atoms with Gasteiger partial charge in [0.1, 0.15) is 5.75 Å². The molecule has 3 aromatic rings. The predicted molar refractivity (Wildman–Crippen MR) is 104 cm³/mol. The number of hydrogen-bond acceptors (Lipinski definition) is 4. The Labute approximate surface area is 154 Å². The molecule has 5 heteroatoms. The third-order valence-electron chi connectivity index (χ3n) is 5.34. The number of nitrogens with zero attached hydrogens (tertiary/aromatic N) is 3. The fraction of sp³-hybridized carbons (Fsp3) is 0.381. The van der Waals surface area contributed by atoms with Gasteiger partial charge >= 0.3 is 0 Å². The van der Waals surface area contributed by atoms with Crippen molar-refractivity contribution in [3.63, 3.8) is 0 Å². The average molecular weight is 350 g/mol. The van der Waals surface area contributed by atoms with E-state index in [1.807, 2.05) is 12.1 Å². The van der Waals surface area contributed by atoms with Crippen LogP contribution in [0.4, 0.5) is 0 Å². The first-order valence-corrected chi connectivity index (χ1v) is 9.23. The van der Waals surface area contributed by atoms with Crippen LogP contribution in [0, 0.1) is 6.92 Å². The van der Waals surface area contributed by atoms with E-state index >= 15 is 0 Å². The van der Waals surface area contributed by atoms with Gasteiger partial charge in [-0.05, 0) is 36.2 Å². The molecular formula is C21H26N4O. The van der Waals surface area contributed by atoms with Crippen molar-refractivity contribution < 1.29 is 4.74 Å². The van der Waals surface area contributed by atoms with Crippen molar-refractivity contribution in [1.82, 2.24) is 20.0 Å². The lowest BCUT2D eigenvalue weighted by Gasteiger charge is -2.34. The van der Waals surface area contributed by atoms with Crippen molar-refractivity contribution in [1.29, 1.82) is 0 Å². The van der Waals surface area contributed by atoms with Crippen LogP contribution in [0.1, 0.15) is 16.8 Å². The number of H-pyrrole nitrogens is 1. The summed E-state index contributed by atoms with van der Waals surface area (Å²) in [6.45, 7) is 8.51. The number of ether oxygens (including phenoxy) is 1. The normalized spacial score (nSPS) is 16.2. The van der Waals surface area contributed by atoms with E-state index in [1.54, 1.807) is 7.11 Å². The highest BCUT2D eigenvalue weighted by Gasteiger charge is 2.19. The molecule has 4 rings (SSSR count). The number of nitrogens with one attached hydrogen (secondary N) is 1. The Bertz CT molecular complexity index is 881. The molecule has 0 aliphatic carbocycles. The van der Waals surface area contributed by atoms with Crippen molar-refractivity contribution >= 4 is 10.9 Å². The Balaban J connectivity index is 1.37. The molecule has 0 radical (unpaired) electrons. The summed E-state index contributed by atoms with van der Waals surface area (Å²) in [5.41, 5.74) is 4.99. The van der Waals surface area contributed by atoms with Crippen molar-refractivity contribution in [3.8, 4) is 5.75 Å². The standard InChI is InChI=1S/C21H26N4O/c1-16-5-3-4-6-17(16)14-24-9-11-25(12-10-24)15-21-19-13-18(26-2)7-8-20(19)22-23-21/h3-8,13H,9-12,14-15H2,1-2H3,(H,22,23). The molecule has 0 saturated carbocycles. The largest absolute Gasteiger partial charge is 0.497 e. The van der Waals surface area contributed by atoms with Crippen LogP contribution in [-0.2, 0) is 13.1 Å². The van der Waals surface area contributed by atoms with Gasteiger partial charge in [-0.3, -0.25) is 14.9 Å². The minimum absolute atomic E-state index is 0.878. The van der Waals surface area contributed by atoms with E-state index < -0.39 is 0 Å². The molecule has 1 saturated heterocycles. The lowest BCUT2D eigenvalue weighted by molar-refractivity contribution is 0.121. The van der Waals surface area contributed by atoms with Crippen molar-refractivity contribution in [2.24, 2.45) is 0 Å². The maximum absolute atomic E-state index is 5.35. The molecule has 1 aromatic heterocycles. The summed E-state index contributed by atoms with van der Waals surface area (Å²) in [5, 5.41) is 8.79. The van der Waals surface area contributed by atoms with Gasteiger partial charge in [0.25, 0.3) is 0 Å². The van der Waals surface area contributed by atoms with Crippen LogP contribution < -0.4 is 4.74 Å². The Kier molecular flexibility index (Phi) is 4.91. The minimum atomic E-state index is 0.878. The van der Waals surface area contributed by atoms with Crippen LogP contribution in [0.25, 0.3) is 10.9 Å². The van der Waals surface area contributed by atoms with Crippen LogP contribution in [0.2, 0.25) is 0 Å². The smallest absolute Gasteiger partial charge is 0.119 e. The van der Waals surface area contributed by atoms with Gasteiger partial charge in [0.15, 0.2) is 0 Å². The van der Waals surface area contributed by atoms with Gasteiger partial charge < -0.3 is 4.74 Å². The molecule has 1 N–H and O–H groups in total. The van der Waals surface area contributed by atoms with Gasteiger partial charge in [-0.1, -0.05) is 24.3 Å². The summed E-state index contributed by atoms with van der Waals surface area (Å²) in [4.78, 5) is 5.05. The second-order valence-electron chi connectivity index (χ2n) is 7.06. The van der Waals surface area contributed by atoms with E-state index in [0.717, 1.165) is 55.9 Å². The summed E-state index contributed by atoms with van der Waals surface area (Å²) in [6.07, 6.45) is 0. The zero-order valence-electron chi connectivity index (χ0n) is 15.5. The van der Waals surface area contributed by atoms with Crippen LogP contribution >= 0.6 is 0 Å². The Morgan fingerprint density at radius 2 is 1.73 bits per heavy atom. The van der Waals surface area contributed by atoms with Crippen molar-refractivity contribution in [3.05, 3.63) is 59.3 Å². The number of methoxy groups -OCH3 is 1. The van der Waals surface area contributed by atoms with Gasteiger partial charge in [0.05, 0.1) is 18.3 Å². The van der Waals surface area contributed by atoms with Crippen molar-refractivity contribution in [2.45, 2.75) is 20.0 Å². The maximum Gasteiger partial charge on any atom is 0.119 e. The summed E-state index contributed by atoms with van der Waals surface area (Å²) in [7, 11) is 1.70. The summed E-state index contributed by atoms with van der Waals surface area (Å²) >= 11 is 0. The first-order chi connectivity index (χ1) is 12.7. The molecular weight excluding hydrogens is 324 g/mol. The van der Waals surface area contributed by atoms with E-state index in [9.17, 15) is 0 Å². The minimum Gasteiger partial charge on any atom is -0.497 e. The molecule has 136 valence electrons. The highest BCUT2D eigenvalue weighted by atomic mass is 16.5. The topological polar surface area (TPSA) is 44.4 Å². The molecule has 1 aliphatic rings. The molecule has 0 spiro atoms. The number of aryl methyl sites for hydroxylation is 1. The molecule has 26 heavy (non-hydrogen) atoms. The van der Waals surface area contributed by atoms with Gasteiger partial charge in [0, 0.05) is 44.7 Å². The predicted octanol–water partition coefficient (Wildman–Crippen LogP) is 3.20. The number of hydrogen-bond donors (Lipinski definition) is 1. The summed E-state index contributed by atoms with van der Waals surface area (Å²) in [5.74, 6) is 0.878. The third kappa shape index (κ3) is 3.59. The van der Waals surface area contributed by atoms with E-state index in [1.165, 1.54) is 16.8 Å². The molecule has 5 nitrogen and oxygen atoms in total. The summed E-state index contributed by atoms with van der Waals surface area (Å²) in [6, 6.07) is 14.7. The first-order valence-electron chi connectivity index (χ1n) is 9.23. The number of piperazine rings is 1. The van der Waals surface area contributed by atoms with Gasteiger partial charge in [-0.25, -0.2) is 0 Å². The molecule has 2 aromatic carbocycles. The fourth-order valence-corrected chi connectivity index (χ4v) is 3.65. The van der Waals surface area contributed by atoms with Gasteiger partial charge in [-0.2, -0.15) is 5.10 Å². The number of aromatic amines is 1. The molecule has 2 heterocycles. The number of rotatable bonds is 5. The van der Waals surface area contributed by atoms with E-state index in [2.05, 4.69) is 57.3 Å². The van der Waals surface area contributed by atoms with E-state index in [4.69, 9.17) is 4.74 Å². The van der Waals surface area contributed by atoms with Gasteiger partial charge in [0.2, 0.25) is 0 Å². The summed E-state index contributed by atoms with van der Waals surface area (Å²) < 4.78 is 5.35. The Hall–Kier alpha value is -2.37. The average Bonchev–Trinajstić information content (AvgIpc) is 3.07. The molecule has 1 fully saturated rings. The second-order valence-corrected chi connectivity index (χ2v) is 7.06. The molecule has 1 aliphatic heterocycles. The highest BCUT2D eigenvalue weighted by Crippen LogP contribution is 2.23. The SMILES string of the molecule is COc1ccc2n[nH]c(CN3CCN(Cc4ccccc4C)CC3)c2c1. The van der Waals surface area contributed by atoms with Gasteiger partial charge in [-0.15, -0.1) is 0 Å².